The number of hydrogen-bond donors (Lipinski definition) is 2. The van der Waals surface area contributed by atoms with Gasteiger partial charge < -0.3 is 10.1 Å². The number of aromatic nitrogens is 4. The van der Waals surface area contributed by atoms with Crippen molar-refractivity contribution < 1.29 is 9.13 Å². The fraction of sp³-hybridized carbons (Fsp3) is 0.105. The highest BCUT2D eigenvalue weighted by Crippen LogP contribution is 2.30. The Kier molecular flexibility index (Phi) is 4.84. The van der Waals surface area contributed by atoms with E-state index in [9.17, 15) is 4.39 Å². The summed E-state index contributed by atoms with van der Waals surface area (Å²) in [6.45, 7) is 0.681. The maximum atomic E-state index is 13.2. The van der Waals surface area contributed by atoms with Crippen molar-refractivity contribution >= 4 is 28.3 Å². The van der Waals surface area contributed by atoms with E-state index in [0.717, 1.165) is 16.3 Å². The van der Waals surface area contributed by atoms with Gasteiger partial charge in [-0.05, 0) is 34.2 Å². The second kappa shape index (κ2) is 7.59. The van der Waals surface area contributed by atoms with Crippen LogP contribution in [0.2, 0.25) is 5.02 Å². The number of tetrazole rings is 1. The van der Waals surface area contributed by atoms with E-state index in [1.54, 1.807) is 6.07 Å². The fourth-order valence-electron chi connectivity index (χ4n) is 2.83. The van der Waals surface area contributed by atoms with Crippen LogP contribution in [0, 0.1) is 5.82 Å². The zero-order valence-electron chi connectivity index (χ0n) is 14.1. The van der Waals surface area contributed by atoms with Crippen molar-refractivity contribution in [2.45, 2.75) is 13.2 Å². The highest BCUT2D eigenvalue weighted by Gasteiger charge is 2.11. The Morgan fingerprint density at radius 2 is 2.00 bits per heavy atom. The molecular formula is C19H15ClFN5O. The first-order valence-corrected chi connectivity index (χ1v) is 8.63. The lowest BCUT2D eigenvalue weighted by atomic mass is 10.0. The monoisotopic (exact) mass is 383 g/mol. The van der Waals surface area contributed by atoms with Crippen LogP contribution in [0.3, 0.4) is 0 Å². The molecule has 0 unspecified atom stereocenters. The molecule has 6 nitrogen and oxygen atoms in total. The minimum Gasteiger partial charge on any atom is -0.488 e. The van der Waals surface area contributed by atoms with Crippen LogP contribution in [0.1, 0.15) is 11.1 Å². The number of rotatable bonds is 6. The van der Waals surface area contributed by atoms with E-state index in [-0.39, 0.29) is 12.4 Å². The number of anilines is 1. The van der Waals surface area contributed by atoms with Crippen molar-refractivity contribution in [3.63, 3.8) is 0 Å². The number of halogens is 2. The molecule has 1 aromatic heterocycles. The zero-order valence-corrected chi connectivity index (χ0v) is 14.9. The quantitative estimate of drug-likeness (QED) is 0.518. The molecule has 8 heteroatoms. The van der Waals surface area contributed by atoms with Crippen LogP contribution >= 0.6 is 11.6 Å². The van der Waals surface area contributed by atoms with Crippen molar-refractivity contribution in [2.24, 2.45) is 0 Å². The van der Waals surface area contributed by atoms with Gasteiger partial charge in [0.15, 0.2) is 0 Å². The van der Waals surface area contributed by atoms with E-state index < -0.39 is 0 Å². The van der Waals surface area contributed by atoms with Gasteiger partial charge in [-0.15, -0.1) is 5.10 Å². The summed E-state index contributed by atoms with van der Waals surface area (Å²) in [4.78, 5) is 0. The lowest BCUT2D eigenvalue weighted by Gasteiger charge is -2.15. The molecule has 3 aromatic carbocycles. The second-order valence-electron chi connectivity index (χ2n) is 5.88. The van der Waals surface area contributed by atoms with E-state index in [0.29, 0.717) is 28.8 Å². The number of fused-ring (bicyclic) bond motifs is 1. The van der Waals surface area contributed by atoms with E-state index >= 15 is 0 Å². The lowest BCUT2D eigenvalue weighted by molar-refractivity contribution is 0.304. The van der Waals surface area contributed by atoms with E-state index in [4.69, 9.17) is 16.3 Å². The van der Waals surface area contributed by atoms with Crippen molar-refractivity contribution in [2.75, 3.05) is 5.32 Å². The first-order valence-electron chi connectivity index (χ1n) is 8.25. The van der Waals surface area contributed by atoms with Crippen LogP contribution < -0.4 is 10.1 Å². The highest BCUT2D eigenvalue weighted by atomic mass is 35.5. The summed E-state index contributed by atoms with van der Waals surface area (Å²) in [7, 11) is 0. The largest absolute Gasteiger partial charge is 0.488 e. The first-order chi connectivity index (χ1) is 13.2. The van der Waals surface area contributed by atoms with E-state index in [1.165, 1.54) is 12.1 Å². The minimum atomic E-state index is -0.376. The van der Waals surface area contributed by atoms with Gasteiger partial charge in [0.2, 0.25) is 0 Å². The molecule has 2 N–H and O–H groups in total. The third-order valence-electron chi connectivity index (χ3n) is 4.16. The predicted molar refractivity (Wildman–Crippen MR) is 101 cm³/mol. The molecule has 0 amide bonds. The molecule has 0 aliphatic rings. The Balaban J connectivity index is 1.63. The number of nitrogens with one attached hydrogen (secondary N) is 2. The minimum absolute atomic E-state index is 0.229. The second-order valence-corrected chi connectivity index (χ2v) is 6.28. The molecule has 4 rings (SSSR count). The Morgan fingerprint density at radius 1 is 1.11 bits per heavy atom. The van der Waals surface area contributed by atoms with E-state index in [2.05, 4.69) is 25.9 Å². The molecule has 0 aliphatic carbocycles. The molecule has 0 fully saturated rings. The van der Waals surface area contributed by atoms with Gasteiger partial charge in [0, 0.05) is 17.7 Å². The Bertz CT molecular complexity index is 1070. The van der Waals surface area contributed by atoms with Gasteiger partial charge in [-0.25, -0.2) is 4.39 Å². The smallest absolute Gasteiger partial charge is 0.263 e. The third kappa shape index (κ3) is 3.83. The van der Waals surface area contributed by atoms with Crippen LogP contribution in [0.5, 0.6) is 5.75 Å². The molecule has 136 valence electrons. The van der Waals surface area contributed by atoms with Gasteiger partial charge in [-0.2, -0.15) is 5.21 Å². The number of H-pyrrole nitrogens is 1. The van der Waals surface area contributed by atoms with Gasteiger partial charge in [-0.3, -0.25) is 0 Å². The summed E-state index contributed by atoms with van der Waals surface area (Å²) < 4.78 is 19.2. The Hall–Kier alpha value is -3.19. The van der Waals surface area contributed by atoms with Crippen LogP contribution in [0.15, 0.2) is 54.6 Å². The Morgan fingerprint density at radius 3 is 2.81 bits per heavy atom. The molecule has 0 saturated carbocycles. The van der Waals surface area contributed by atoms with E-state index in [1.807, 2.05) is 36.4 Å². The molecule has 0 bridgehead atoms. The van der Waals surface area contributed by atoms with Gasteiger partial charge >= 0.3 is 0 Å². The zero-order chi connectivity index (χ0) is 18.6. The number of nitrogens with zero attached hydrogens (tertiary/aromatic N) is 3. The summed E-state index contributed by atoms with van der Waals surface area (Å²) >= 11 is 6.10. The summed E-state index contributed by atoms with van der Waals surface area (Å²) in [5.41, 5.74) is 1.67. The van der Waals surface area contributed by atoms with Gasteiger partial charge in [-0.1, -0.05) is 53.1 Å². The normalized spacial score (nSPS) is 10.9. The van der Waals surface area contributed by atoms with Crippen molar-refractivity contribution in [1.29, 1.82) is 0 Å². The standard InChI is InChI=1S/C19H15ClFN5O/c20-17-9-14(21)7-5-13(17)11-27-18-8-6-12-3-1-2-4-15(12)16(18)10-22-19-23-25-26-24-19/h1-9H,10-11H2,(H2,22,23,24,25,26). The van der Waals surface area contributed by atoms with Gasteiger partial charge in [0.25, 0.3) is 5.95 Å². The lowest BCUT2D eigenvalue weighted by Crippen LogP contribution is -2.06. The number of hydrogen-bond acceptors (Lipinski definition) is 5. The van der Waals surface area contributed by atoms with Crippen LogP contribution in [-0.4, -0.2) is 20.6 Å². The van der Waals surface area contributed by atoms with Crippen LogP contribution in [0.25, 0.3) is 10.8 Å². The molecule has 27 heavy (non-hydrogen) atoms. The summed E-state index contributed by atoms with van der Waals surface area (Å²) in [6, 6.07) is 16.2. The van der Waals surface area contributed by atoms with Gasteiger partial charge in [0.05, 0.1) is 5.02 Å². The molecule has 0 spiro atoms. The van der Waals surface area contributed by atoms with Gasteiger partial charge in [0.1, 0.15) is 18.2 Å². The predicted octanol–water partition coefficient (Wildman–Crippen LogP) is 4.34. The highest BCUT2D eigenvalue weighted by molar-refractivity contribution is 6.31. The average Bonchev–Trinajstić information content (AvgIpc) is 3.19. The summed E-state index contributed by atoms with van der Waals surface area (Å²) in [6.07, 6.45) is 0. The maximum Gasteiger partial charge on any atom is 0.263 e. The molecular weight excluding hydrogens is 369 g/mol. The van der Waals surface area contributed by atoms with Crippen LogP contribution in [0.4, 0.5) is 10.3 Å². The molecule has 0 saturated heterocycles. The van der Waals surface area contributed by atoms with Crippen molar-refractivity contribution in [3.8, 4) is 5.75 Å². The van der Waals surface area contributed by atoms with Crippen molar-refractivity contribution in [3.05, 3.63) is 76.6 Å². The summed E-state index contributed by atoms with van der Waals surface area (Å²) in [5.74, 6) is 0.722. The fourth-order valence-corrected chi connectivity index (χ4v) is 3.05. The SMILES string of the molecule is Fc1ccc(COc2ccc3ccccc3c2CNc2nn[nH]n2)c(Cl)c1. The third-order valence-corrected chi connectivity index (χ3v) is 4.52. The van der Waals surface area contributed by atoms with Crippen molar-refractivity contribution in [1.82, 2.24) is 20.6 Å². The maximum absolute atomic E-state index is 13.2. The number of benzene rings is 3. The summed E-state index contributed by atoms with van der Waals surface area (Å²) in [5, 5.41) is 19.3. The first kappa shape index (κ1) is 17.2. The average molecular weight is 384 g/mol. The number of ether oxygens (including phenoxy) is 1. The molecule has 0 aliphatic heterocycles. The van der Waals surface area contributed by atoms with Crippen LogP contribution in [-0.2, 0) is 13.2 Å². The topological polar surface area (TPSA) is 75.7 Å². The number of aromatic amines is 1. The molecule has 0 radical (unpaired) electrons. The molecule has 0 atom stereocenters. The Labute approximate surface area is 159 Å². The molecule has 1 heterocycles. The molecule has 4 aromatic rings.